The second-order valence-electron chi connectivity index (χ2n) is 5.76. The molecule has 1 aromatic heterocycles. The molecular formula is C21H18N2O. The predicted molar refractivity (Wildman–Crippen MR) is 96.9 cm³/mol. The zero-order valence-corrected chi connectivity index (χ0v) is 13.5. The SMILES string of the molecule is Cn1c(-c2ccccc2)nc2c(OCc3ccccc3)cccc21. The summed E-state index contributed by atoms with van der Waals surface area (Å²) in [6, 6.07) is 26.5. The van der Waals surface area contributed by atoms with Gasteiger partial charge in [0.25, 0.3) is 0 Å². The molecule has 1 heterocycles. The van der Waals surface area contributed by atoms with Gasteiger partial charge in [-0.2, -0.15) is 0 Å². The third-order valence-electron chi connectivity index (χ3n) is 4.14. The molecule has 0 fully saturated rings. The number of hydrogen-bond acceptors (Lipinski definition) is 2. The average molecular weight is 314 g/mol. The third-order valence-corrected chi connectivity index (χ3v) is 4.14. The fraction of sp³-hybridized carbons (Fsp3) is 0.0952. The lowest BCUT2D eigenvalue weighted by atomic mass is 10.2. The molecule has 3 aromatic carbocycles. The van der Waals surface area contributed by atoms with E-state index in [0.29, 0.717) is 6.61 Å². The Bertz CT molecular complexity index is 959. The van der Waals surface area contributed by atoms with Crippen molar-refractivity contribution >= 4 is 11.0 Å². The Morgan fingerprint density at radius 3 is 2.29 bits per heavy atom. The van der Waals surface area contributed by atoms with Crippen molar-refractivity contribution in [2.45, 2.75) is 6.61 Å². The molecule has 0 saturated carbocycles. The van der Waals surface area contributed by atoms with Crippen molar-refractivity contribution in [1.29, 1.82) is 0 Å². The van der Waals surface area contributed by atoms with Crippen molar-refractivity contribution in [2.75, 3.05) is 0 Å². The van der Waals surface area contributed by atoms with Crippen LogP contribution in [0, 0.1) is 0 Å². The van der Waals surface area contributed by atoms with Crippen molar-refractivity contribution in [1.82, 2.24) is 9.55 Å². The van der Waals surface area contributed by atoms with E-state index in [1.807, 2.05) is 55.6 Å². The van der Waals surface area contributed by atoms with Crippen LogP contribution >= 0.6 is 0 Å². The Kier molecular flexibility index (Phi) is 3.75. The van der Waals surface area contributed by atoms with Gasteiger partial charge in [-0.3, -0.25) is 0 Å². The second kappa shape index (κ2) is 6.20. The van der Waals surface area contributed by atoms with E-state index in [-0.39, 0.29) is 0 Å². The zero-order valence-electron chi connectivity index (χ0n) is 13.5. The van der Waals surface area contributed by atoms with E-state index in [0.717, 1.165) is 33.7 Å². The minimum absolute atomic E-state index is 0.539. The first-order valence-electron chi connectivity index (χ1n) is 8.00. The number of rotatable bonds is 4. The van der Waals surface area contributed by atoms with Crippen molar-refractivity contribution in [3.63, 3.8) is 0 Å². The van der Waals surface area contributed by atoms with Crippen LogP contribution in [-0.4, -0.2) is 9.55 Å². The van der Waals surface area contributed by atoms with Crippen LogP contribution in [0.4, 0.5) is 0 Å². The molecular weight excluding hydrogens is 296 g/mol. The lowest BCUT2D eigenvalue weighted by Gasteiger charge is -2.07. The Balaban J connectivity index is 1.72. The highest BCUT2D eigenvalue weighted by Crippen LogP contribution is 2.30. The molecule has 0 spiro atoms. The number of imidazole rings is 1. The molecule has 0 amide bonds. The van der Waals surface area contributed by atoms with E-state index in [2.05, 4.69) is 34.9 Å². The van der Waals surface area contributed by atoms with Gasteiger partial charge in [0, 0.05) is 12.6 Å². The topological polar surface area (TPSA) is 27.1 Å². The molecule has 24 heavy (non-hydrogen) atoms. The quantitative estimate of drug-likeness (QED) is 0.540. The number of fused-ring (bicyclic) bond motifs is 1. The maximum Gasteiger partial charge on any atom is 0.147 e. The molecule has 0 unspecified atom stereocenters. The summed E-state index contributed by atoms with van der Waals surface area (Å²) in [6.07, 6.45) is 0. The summed E-state index contributed by atoms with van der Waals surface area (Å²) in [5.41, 5.74) is 4.22. The number of ether oxygens (including phenoxy) is 1. The van der Waals surface area contributed by atoms with Crippen LogP contribution in [0.5, 0.6) is 5.75 Å². The van der Waals surface area contributed by atoms with Gasteiger partial charge in [-0.25, -0.2) is 4.98 Å². The summed E-state index contributed by atoms with van der Waals surface area (Å²) < 4.78 is 8.14. The van der Waals surface area contributed by atoms with Gasteiger partial charge in [-0.1, -0.05) is 66.7 Å². The third kappa shape index (κ3) is 2.65. The first-order chi connectivity index (χ1) is 11.8. The van der Waals surface area contributed by atoms with Crippen LogP contribution in [0.25, 0.3) is 22.4 Å². The van der Waals surface area contributed by atoms with Gasteiger partial charge in [0.15, 0.2) is 0 Å². The fourth-order valence-corrected chi connectivity index (χ4v) is 2.89. The first kappa shape index (κ1) is 14.5. The van der Waals surface area contributed by atoms with Crippen LogP contribution in [0.1, 0.15) is 5.56 Å². The lowest BCUT2D eigenvalue weighted by molar-refractivity contribution is 0.309. The Hall–Kier alpha value is -3.07. The Morgan fingerprint density at radius 1 is 0.833 bits per heavy atom. The van der Waals surface area contributed by atoms with Gasteiger partial charge in [0.2, 0.25) is 0 Å². The summed E-state index contributed by atoms with van der Waals surface area (Å²) in [7, 11) is 2.04. The molecule has 0 atom stereocenters. The zero-order chi connectivity index (χ0) is 16.4. The molecule has 0 radical (unpaired) electrons. The molecule has 0 saturated heterocycles. The van der Waals surface area contributed by atoms with Gasteiger partial charge in [0.05, 0.1) is 5.52 Å². The highest BCUT2D eigenvalue weighted by molar-refractivity contribution is 5.85. The highest BCUT2D eigenvalue weighted by atomic mass is 16.5. The highest BCUT2D eigenvalue weighted by Gasteiger charge is 2.13. The standard InChI is InChI=1S/C21H18N2O/c1-23-18-13-8-14-19(24-15-16-9-4-2-5-10-16)20(18)22-21(23)17-11-6-3-7-12-17/h2-14H,15H2,1H3. The number of benzene rings is 3. The van der Waals surface area contributed by atoms with Crippen LogP contribution < -0.4 is 4.74 Å². The van der Waals surface area contributed by atoms with Gasteiger partial charge >= 0.3 is 0 Å². The molecule has 118 valence electrons. The van der Waals surface area contributed by atoms with E-state index >= 15 is 0 Å². The summed E-state index contributed by atoms with van der Waals surface area (Å²) in [5.74, 6) is 1.76. The molecule has 0 aliphatic heterocycles. The van der Waals surface area contributed by atoms with Crippen molar-refractivity contribution < 1.29 is 4.74 Å². The summed E-state index contributed by atoms with van der Waals surface area (Å²) in [5, 5.41) is 0. The number of nitrogens with zero attached hydrogens (tertiary/aromatic N) is 2. The second-order valence-corrected chi connectivity index (χ2v) is 5.76. The summed E-state index contributed by atoms with van der Waals surface area (Å²) >= 11 is 0. The smallest absolute Gasteiger partial charge is 0.147 e. The molecule has 0 aliphatic carbocycles. The molecule has 4 aromatic rings. The summed E-state index contributed by atoms with van der Waals surface area (Å²) in [6.45, 7) is 0.539. The van der Waals surface area contributed by atoms with Crippen molar-refractivity contribution in [2.24, 2.45) is 7.05 Å². The van der Waals surface area contributed by atoms with Crippen LogP contribution in [-0.2, 0) is 13.7 Å². The van der Waals surface area contributed by atoms with Gasteiger partial charge in [-0.05, 0) is 17.7 Å². The first-order valence-corrected chi connectivity index (χ1v) is 8.00. The molecule has 0 aliphatic rings. The van der Waals surface area contributed by atoms with Crippen LogP contribution in [0.3, 0.4) is 0 Å². The maximum absolute atomic E-state index is 6.03. The van der Waals surface area contributed by atoms with E-state index in [9.17, 15) is 0 Å². The Labute approximate surface area is 141 Å². The van der Waals surface area contributed by atoms with Gasteiger partial charge in [-0.15, -0.1) is 0 Å². The lowest BCUT2D eigenvalue weighted by Crippen LogP contribution is -1.95. The molecule has 3 heteroatoms. The number of aryl methyl sites for hydroxylation is 1. The largest absolute Gasteiger partial charge is 0.487 e. The normalized spacial score (nSPS) is 10.9. The fourth-order valence-electron chi connectivity index (χ4n) is 2.89. The summed E-state index contributed by atoms with van der Waals surface area (Å²) in [4.78, 5) is 4.83. The minimum atomic E-state index is 0.539. The monoisotopic (exact) mass is 314 g/mol. The Morgan fingerprint density at radius 2 is 1.54 bits per heavy atom. The molecule has 4 rings (SSSR count). The van der Waals surface area contributed by atoms with Crippen molar-refractivity contribution in [3.8, 4) is 17.1 Å². The van der Waals surface area contributed by atoms with Crippen LogP contribution in [0.2, 0.25) is 0 Å². The van der Waals surface area contributed by atoms with E-state index in [4.69, 9.17) is 9.72 Å². The van der Waals surface area contributed by atoms with E-state index < -0.39 is 0 Å². The maximum atomic E-state index is 6.03. The molecule has 0 bridgehead atoms. The number of aromatic nitrogens is 2. The van der Waals surface area contributed by atoms with Crippen LogP contribution in [0.15, 0.2) is 78.9 Å². The van der Waals surface area contributed by atoms with Gasteiger partial charge in [0.1, 0.15) is 23.7 Å². The van der Waals surface area contributed by atoms with Gasteiger partial charge < -0.3 is 9.30 Å². The number of hydrogen-bond donors (Lipinski definition) is 0. The molecule has 0 N–H and O–H groups in total. The number of para-hydroxylation sites is 1. The van der Waals surface area contributed by atoms with E-state index in [1.165, 1.54) is 0 Å². The van der Waals surface area contributed by atoms with E-state index in [1.54, 1.807) is 0 Å². The average Bonchev–Trinajstić information content (AvgIpc) is 2.99. The minimum Gasteiger partial charge on any atom is -0.487 e. The predicted octanol–water partition coefficient (Wildman–Crippen LogP) is 4.82. The molecule has 3 nitrogen and oxygen atoms in total. The van der Waals surface area contributed by atoms with Crippen molar-refractivity contribution in [3.05, 3.63) is 84.4 Å².